The lowest BCUT2D eigenvalue weighted by Crippen LogP contribution is -2.43. The van der Waals surface area contributed by atoms with Crippen LogP contribution in [0.25, 0.3) is 6.08 Å². The molecular weight excluding hydrogens is 360 g/mol. The van der Waals surface area contributed by atoms with Gasteiger partial charge in [0, 0.05) is 10.9 Å². The molecule has 2 aliphatic rings. The fourth-order valence-electron chi connectivity index (χ4n) is 2.92. The number of para-hydroxylation sites is 1. The van der Waals surface area contributed by atoms with Crippen LogP contribution in [0, 0.1) is 0 Å². The molecule has 1 heterocycles. The summed E-state index contributed by atoms with van der Waals surface area (Å²) >= 11 is 1.43. The maximum atomic E-state index is 13.1. The zero-order chi connectivity index (χ0) is 18.8. The number of anilines is 1. The standard InChI is InChI=1S/C21H20N2O3S/c1-26-16-10-6-14(7-11-16)12-19-21(25)23(13-20(24)22-15-8-9-15)17-4-2-3-5-18(17)27-19/h2-7,10-12,15H,8-9,13H2,1H3,(H,22,24). The number of carbonyl (C=O) groups excluding carboxylic acids is 2. The lowest BCUT2D eigenvalue weighted by Gasteiger charge is -2.29. The molecule has 0 spiro atoms. The van der Waals surface area contributed by atoms with E-state index in [0.717, 1.165) is 34.7 Å². The molecule has 1 fully saturated rings. The summed E-state index contributed by atoms with van der Waals surface area (Å²) in [7, 11) is 1.62. The van der Waals surface area contributed by atoms with Crippen LogP contribution in [0.5, 0.6) is 5.75 Å². The molecule has 0 aromatic heterocycles. The molecule has 0 unspecified atom stereocenters. The average Bonchev–Trinajstić information content (AvgIpc) is 3.49. The smallest absolute Gasteiger partial charge is 0.265 e. The van der Waals surface area contributed by atoms with Gasteiger partial charge in [0.1, 0.15) is 12.3 Å². The SMILES string of the molecule is COc1ccc(C=C2Sc3ccccc3N(CC(=O)NC3CC3)C2=O)cc1. The molecule has 0 bridgehead atoms. The number of methoxy groups -OCH3 is 1. The monoisotopic (exact) mass is 380 g/mol. The maximum absolute atomic E-state index is 13.1. The van der Waals surface area contributed by atoms with E-state index in [0.29, 0.717) is 4.91 Å². The zero-order valence-corrected chi connectivity index (χ0v) is 15.8. The second kappa shape index (κ2) is 7.48. The van der Waals surface area contributed by atoms with Crippen LogP contribution in [-0.4, -0.2) is 31.5 Å². The lowest BCUT2D eigenvalue weighted by molar-refractivity contribution is -0.122. The predicted molar refractivity (Wildman–Crippen MR) is 107 cm³/mol. The minimum absolute atomic E-state index is 0.0346. The highest BCUT2D eigenvalue weighted by atomic mass is 32.2. The molecule has 6 heteroatoms. The summed E-state index contributed by atoms with van der Waals surface area (Å²) in [6.07, 6.45) is 3.90. The first-order valence-electron chi connectivity index (χ1n) is 8.88. The molecule has 2 amide bonds. The van der Waals surface area contributed by atoms with Gasteiger partial charge >= 0.3 is 0 Å². The van der Waals surface area contributed by atoms with Gasteiger partial charge in [-0.15, -0.1) is 0 Å². The number of amides is 2. The Bertz CT molecular complexity index is 904. The van der Waals surface area contributed by atoms with E-state index in [4.69, 9.17) is 4.74 Å². The van der Waals surface area contributed by atoms with Crippen molar-refractivity contribution in [1.29, 1.82) is 0 Å². The molecule has 1 aliphatic carbocycles. The molecule has 1 N–H and O–H groups in total. The summed E-state index contributed by atoms with van der Waals surface area (Å²) in [4.78, 5) is 28.5. The highest BCUT2D eigenvalue weighted by molar-refractivity contribution is 8.04. The Hall–Kier alpha value is -2.73. The van der Waals surface area contributed by atoms with Crippen molar-refractivity contribution in [2.24, 2.45) is 0 Å². The Balaban J connectivity index is 1.62. The fraction of sp³-hybridized carbons (Fsp3) is 0.238. The summed E-state index contributed by atoms with van der Waals surface area (Å²) in [6, 6.07) is 15.5. The van der Waals surface area contributed by atoms with Gasteiger partial charge < -0.3 is 10.1 Å². The van der Waals surface area contributed by atoms with Crippen molar-refractivity contribution in [1.82, 2.24) is 5.32 Å². The third-order valence-electron chi connectivity index (χ3n) is 4.49. The van der Waals surface area contributed by atoms with Crippen molar-refractivity contribution in [2.75, 3.05) is 18.6 Å². The molecule has 0 atom stereocenters. The molecule has 4 rings (SSSR count). The van der Waals surface area contributed by atoms with Crippen molar-refractivity contribution in [2.45, 2.75) is 23.8 Å². The number of nitrogens with zero attached hydrogens (tertiary/aromatic N) is 1. The second-order valence-corrected chi connectivity index (χ2v) is 7.67. The van der Waals surface area contributed by atoms with E-state index in [2.05, 4.69) is 5.32 Å². The lowest BCUT2D eigenvalue weighted by atomic mass is 10.2. The molecule has 0 radical (unpaired) electrons. The van der Waals surface area contributed by atoms with E-state index >= 15 is 0 Å². The topological polar surface area (TPSA) is 58.6 Å². The number of rotatable bonds is 5. The predicted octanol–water partition coefficient (Wildman–Crippen LogP) is 3.45. The van der Waals surface area contributed by atoms with Gasteiger partial charge in [0.2, 0.25) is 5.91 Å². The van der Waals surface area contributed by atoms with E-state index in [1.54, 1.807) is 12.0 Å². The Morgan fingerprint density at radius 2 is 1.96 bits per heavy atom. The van der Waals surface area contributed by atoms with Crippen LogP contribution in [0.2, 0.25) is 0 Å². The van der Waals surface area contributed by atoms with Crippen LogP contribution in [0.15, 0.2) is 58.3 Å². The van der Waals surface area contributed by atoms with Crippen molar-refractivity contribution in [3.63, 3.8) is 0 Å². The number of nitrogens with one attached hydrogen (secondary N) is 1. The first-order valence-corrected chi connectivity index (χ1v) is 9.69. The van der Waals surface area contributed by atoms with E-state index in [1.807, 2.05) is 54.6 Å². The van der Waals surface area contributed by atoms with Gasteiger partial charge in [-0.1, -0.05) is 36.0 Å². The van der Waals surface area contributed by atoms with Crippen LogP contribution in [-0.2, 0) is 9.59 Å². The minimum Gasteiger partial charge on any atom is -0.497 e. The number of hydrogen-bond donors (Lipinski definition) is 1. The van der Waals surface area contributed by atoms with Gasteiger partial charge in [-0.2, -0.15) is 0 Å². The van der Waals surface area contributed by atoms with Gasteiger partial charge in [-0.25, -0.2) is 0 Å². The number of benzene rings is 2. The molecule has 138 valence electrons. The average molecular weight is 380 g/mol. The van der Waals surface area contributed by atoms with Crippen molar-refractivity contribution >= 4 is 35.3 Å². The van der Waals surface area contributed by atoms with Crippen molar-refractivity contribution in [3.05, 3.63) is 59.0 Å². The number of ether oxygens (including phenoxy) is 1. The Labute approximate surface area is 162 Å². The minimum atomic E-state index is -0.152. The Morgan fingerprint density at radius 1 is 1.22 bits per heavy atom. The van der Waals surface area contributed by atoms with Crippen molar-refractivity contribution in [3.8, 4) is 5.75 Å². The van der Waals surface area contributed by atoms with Gasteiger partial charge in [-0.3, -0.25) is 14.5 Å². The summed E-state index contributed by atoms with van der Waals surface area (Å²) in [6.45, 7) is 0.0346. The van der Waals surface area contributed by atoms with Crippen LogP contribution in [0.1, 0.15) is 18.4 Å². The van der Waals surface area contributed by atoms with Gasteiger partial charge in [0.25, 0.3) is 5.91 Å². The number of fused-ring (bicyclic) bond motifs is 1. The number of hydrogen-bond acceptors (Lipinski definition) is 4. The van der Waals surface area contributed by atoms with Gasteiger partial charge in [0.05, 0.1) is 17.7 Å². The molecule has 1 saturated carbocycles. The van der Waals surface area contributed by atoms with E-state index < -0.39 is 0 Å². The quantitative estimate of drug-likeness (QED) is 0.807. The van der Waals surface area contributed by atoms with Crippen LogP contribution in [0.3, 0.4) is 0 Å². The van der Waals surface area contributed by atoms with Crippen LogP contribution < -0.4 is 15.0 Å². The summed E-state index contributed by atoms with van der Waals surface area (Å²) in [5.74, 6) is 0.500. The van der Waals surface area contributed by atoms with E-state index in [-0.39, 0.29) is 24.4 Å². The summed E-state index contributed by atoms with van der Waals surface area (Å²) in [5, 5.41) is 2.96. The molecule has 27 heavy (non-hydrogen) atoms. The van der Waals surface area contributed by atoms with Crippen LogP contribution in [0.4, 0.5) is 5.69 Å². The molecule has 0 saturated heterocycles. The van der Waals surface area contributed by atoms with Crippen LogP contribution >= 0.6 is 11.8 Å². The highest BCUT2D eigenvalue weighted by Crippen LogP contribution is 2.42. The summed E-state index contributed by atoms with van der Waals surface area (Å²) in [5.41, 5.74) is 1.69. The van der Waals surface area contributed by atoms with Crippen molar-refractivity contribution < 1.29 is 14.3 Å². The Morgan fingerprint density at radius 3 is 2.67 bits per heavy atom. The highest BCUT2D eigenvalue weighted by Gasteiger charge is 2.31. The molecule has 2 aromatic carbocycles. The van der Waals surface area contributed by atoms with Gasteiger partial charge in [-0.05, 0) is 48.7 Å². The van der Waals surface area contributed by atoms with E-state index in [1.165, 1.54) is 11.8 Å². The largest absolute Gasteiger partial charge is 0.497 e. The Kier molecular flexibility index (Phi) is 4.90. The normalized spacial score (nSPS) is 17.6. The number of carbonyl (C=O) groups is 2. The number of thioether (sulfide) groups is 1. The third kappa shape index (κ3) is 4.01. The third-order valence-corrected chi connectivity index (χ3v) is 5.57. The first kappa shape index (κ1) is 17.7. The molecular formula is C21H20N2O3S. The molecule has 5 nitrogen and oxygen atoms in total. The zero-order valence-electron chi connectivity index (χ0n) is 15.0. The first-order chi connectivity index (χ1) is 13.1. The fourth-order valence-corrected chi connectivity index (χ4v) is 3.97. The van der Waals surface area contributed by atoms with Gasteiger partial charge in [0.15, 0.2) is 0 Å². The van der Waals surface area contributed by atoms with E-state index in [9.17, 15) is 9.59 Å². The summed E-state index contributed by atoms with van der Waals surface area (Å²) < 4.78 is 5.18. The maximum Gasteiger partial charge on any atom is 0.265 e. The second-order valence-electron chi connectivity index (χ2n) is 6.58. The molecule has 2 aromatic rings. The molecule has 1 aliphatic heterocycles.